The Morgan fingerprint density at radius 1 is 1.27 bits per heavy atom. The van der Waals surface area contributed by atoms with Crippen LogP contribution in [0, 0.1) is 6.92 Å². The second kappa shape index (κ2) is 6.18. The van der Waals surface area contributed by atoms with Crippen molar-refractivity contribution in [2.75, 3.05) is 18.6 Å². The molecule has 0 saturated heterocycles. The average molecular weight is 352 g/mol. The molecule has 0 spiro atoms. The van der Waals surface area contributed by atoms with Gasteiger partial charge in [0.25, 0.3) is 5.91 Å². The molecule has 132 valence electrons. The van der Waals surface area contributed by atoms with Crippen molar-refractivity contribution in [2.45, 2.75) is 13.5 Å². The molecule has 3 aromatic rings. The van der Waals surface area contributed by atoms with E-state index in [-0.39, 0.29) is 19.1 Å². The number of carbonyl (C=O) groups is 2. The third-order valence-corrected chi connectivity index (χ3v) is 4.20. The maximum atomic E-state index is 12.4. The van der Waals surface area contributed by atoms with Crippen LogP contribution in [0.5, 0.6) is 5.75 Å². The van der Waals surface area contributed by atoms with Gasteiger partial charge in [-0.2, -0.15) is 0 Å². The lowest BCUT2D eigenvalue weighted by Crippen LogP contribution is -2.38. The number of methoxy groups -OCH3 is 1. The molecule has 0 aliphatic carbocycles. The van der Waals surface area contributed by atoms with Gasteiger partial charge in [-0.25, -0.2) is 9.78 Å². The highest BCUT2D eigenvalue weighted by Gasteiger charge is 2.28. The summed E-state index contributed by atoms with van der Waals surface area (Å²) in [6.45, 7) is 2.04. The van der Waals surface area contributed by atoms with Crippen molar-refractivity contribution in [3.05, 3.63) is 53.4 Å². The Balaban J connectivity index is 1.71. The first-order valence-corrected chi connectivity index (χ1v) is 8.07. The molecule has 1 aromatic heterocycles. The van der Waals surface area contributed by atoms with Gasteiger partial charge in [-0.15, -0.1) is 0 Å². The lowest BCUT2D eigenvalue weighted by Gasteiger charge is -2.28. The molecular weight excluding hydrogens is 336 g/mol. The normalized spacial score (nSPS) is 13.5. The minimum atomic E-state index is -0.483. The Morgan fingerprint density at radius 2 is 2.12 bits per heavy atom. The molecule has 0 fully saturated rings. The molecule has 4 rings (SSSR count). The van der Waals surface area contributed by atoms with Crippen molar-refractivity contribution in [1.29, 1.82) is 0 Å². The Kier molecular flexibility index (Phi) is 3.84. The maximum absolute atomic E-state index is 12.4. The summed E-state index contributed by atoms with van der Waals surface area (Å²) in [5.74, 6) is 0.209. The summed E-state index contributed by atoms with van der Waals surface area (Å²) in [6, 6.07) is 10.5. The summed E-state index contributed by atoms with van der Waals surface area (Å²) in [4.78, 5) is 30.1. The van der Waals surface area contributed by atoms with Gasteiger partial charge >= 0.3 is 5.97 Å². The highest BCUT2D eigenvalue weighted by Crippen LogP contribution is 2.34. The molecule has 1 aliphatic rings. The molecule has 0 radical (unpaired) electrons. The van der Waals surface area contributed by atoms with Crippen LogP contribution in [0.2, 0.25) is 0 Å². The fourth-order valence-electron chi connectivity index (χ4n) is 2.90. The van der Waals surface area contributed by atoms with Gasteiger partial charge in [-0.3, -0.25) is 9.69 Å². The number of amides is 1. The third-order valence-electron chi connectivity index (χ3n) is 4.20. The molecule has 7 nitrogen and oxygen atoms in total. The SMILES string of the molecule is COC(=O)c1ccc2c(c1)N(Cc1nc3ccc(C)cc3o1)C(=O)CO2. The van der Waals surface area contributed by atoms with Crippen LogP contribution in [0.1, 0.15) is 21.8 Å². The zero-order chi connectivity index (χ0) is 18.3. The second-order valence-corrected chi connectivity index (χ2v) is 6.02. The summed E-state index contributed by atoms with van der Waals surface area (Å²) < 4.78 is 16.0. The lowest BCUT2D eigenvalue weighted by molar-refractivity contribution is -0.121. The van der Waals surface area contributed by atoms with Gasteiger partial charge in [0.15, 0.2) is 12.2 Å². The minimum Gasteiger partial charge on any atom is -0.482 e. The molecule has 0 atom stereocenters. The van der Waals surface area contributed by atoms with Crippen LogP contribution in [0.4, 0.5) is 5.69 Å². The van der Waals surface area contributed by atoms with Gasteiger partial charge in [0.2, 0.25) is 5.89 Å². The van der Waals surface area contributed by atoms with Gasteiger partial charge in [-0.05, 0) is 42.8 Å². The van der Waals surface area contributed by atoms with E-state index in [9.17, 15) is 9.59 Å². The van der Waals surface area contributed by atoms with Crippen LogP contribution < -0.4 is 9.64 Å². The number of hydrogen-bond acceptors (Lipinski definition) is 6. The van der Waals surface area contributed by atoms with Crippen molar-refractivity contribution in [1.82, 2.24) is 4.98 Å². The molecule has 0 bridgehead atoms. The molecule has 1 aliphatic heterocycles. The van der Waals surface area contributed by atoms with E-state index in [4.69, 9.17) is 13.9 Å². The predicted molar refractivity (Wildman–Crippen MR) is 93.2 cm³/mol. The second-order valence-electron chi connectivity index (χ2n) is 6.02. The van der Waals surface area contributed by atoms with Gasteiger partial charge < -0.3 is 13.9 Å². The Hall–Kier alpha value is -3.35. The van der Waals surface area contributed by atoms with E-state index in [1.54, 1.807) is 18.2 Å². The summed E-state index contributed by atoms with van der Waals surface area (Å²) >= 11 is 0. The van der Waals surface area contributed by atoms with E-state index in [0.717, 1.165) is 11.1 Å². The summed E-state index contributed by atoms with van der Waals surface area (Å²) in [5.41, 5.74) is 3.29. The van der Waals surface area contributed by atoms with Crippen molar-refractivity contribution in [3.63, 3.8) is 0 Å². The van der Waals surface area contributed by atoms with Gasteiger partial charge in [-0.1, -0.05) is 6.07 Å². The number of benzene rings is 2. The third kappa shape index (κ3) is 2.77. The fourth-order valence-corrected chi connectivity index (χ4v) is 2.90. The quantitative estimate of drug-likeness (QED) is 0.674. The molecule has 26 heavy (non-hydrogen) atoms. The van der Waals surface area contributed by atoms with E-state index in [1.807, 2.05) is 25.1 Å². The molecular formula is C19H16N2O5. The van der Waals surface area contributed by atoms with E-state index in [0.29, 0.717) is 28.5 Å². The topological polar surface area (TPSA) is 81.9 Å². The van der Waals surface area contributed by atoms with Crippen LogP contribution in [0.25, 0.3) is 11.1 Å². The zero-order valence-corrected chi connectivity index (χ0v) is 14.3. The number of rotatable bonds is 3. The first kappa shape index (κ1) is 16.1. The largest absolute Gasteiger partial charge is 0.482 e. The Labute approximate surface area is 149 Å². The standard InChI is InChI=1S/C19H16N2O5/c1-11-3-5-13-16(7-11)26-17(20-13)9-21-14-8-12(19(23)24-2)4-6-15(14)25-10-18(21)22/h3-8H,9-10H2,1-2H3. The predicted octanol–water partition coefficient (Wildman–Crippen LogP) is 2.85. The number of esters is 1. The number of fused-ring (bicyclic) bond motifs is 2. The zero-order valence-electron chi connectivity index (χ0n) is 14.3. The number of ether oxygens (including phenoxy) is 2. The smallest absolute Gasteiger partial charge is 0.337 e. The molecule has 0 N–H and O–H groups in total. The van der Waals surface area contributed by atoms with Crippen LogP contribution >= 0.6 is 0 Å². The van der Waals surface area contributed by atoms with Gasteiger partial charge in [0.05, 0.1) is 18.4 Å². The average Bonchev–Trinajstić information content (AvgIpc) is 3.04. The molecule has 7 heteroatoms. The van der Waals surface area contributed by atoms with Crippen LogP contribution in [0.3, 0.4) is 0 Å². The van der Waals surface area contributed by atoms with Crippen LogP contribution in [0.15, 0.2) is 40.8 Å². The number of oxazole rings is 1. The Bertz CT molecular complexity index is 1020. The van der Waals surface area contributed by atoms with E-state index in [2.05, 4.69) is 4.98 Å². The number of aryl methyl sites for hydroxylation is 1. The van der Waals surface area contributed by atoms with Crippen molar-refractivity contribution < 1.29 is 23.5 Å². The van der Waals surface area contributed by atoms with E-state index in [1.165, 1.54) is 12.0 Å². The lowest BCUT2D eigenvalue weighted by atomic mass is 10.1. The maximum Gasteiger partial charge on any atom is 0.337 e. The monoisotopic (exact) mass is 352 g/mol. The summed E-state index contributed by atoms with van der Waals surface area (Å²) in [6.07, 6.45) is 0. The number of anilines is 1. The summed E-state index contributed by atoms with van der Waals surface area (Å²) in [7, 11) is 1.31. The summed E-state index contributed by atoms with van der Waals surface area (Å²) in [5, 5.41) is 0. The number of carbonyl (C=O) groups excluding carboxylic acids is 2. The number of hydrogen-bond donors (Lipinski definition) is 0. The molecule has 0 saturated carbocycles. The van der Waals surface area contributed by atoms with Crippen LogP contribution in [-0.2, 0) is 16.1 Å². The number of nitrogens with zero attached hydrogens (tertiary/aromatic N) is 2. The van der Waals surface area contributed by atoms with Crippen molar-refractivity contribution in [2.24, 2.45) is 0 Å². The minimum absolute atomic E-state index is 0.0795. The van der Waals surface area contributed by atoms with Crippen molar-refractivity contribution in [3.8, 4) is 5.75 Å². The molecule has 2 heterocycles. The number of aromatic nitrogens is 1. The van der Waals surface area contributed by atoms with Gasteiger partial charge in [0, 0.05) is 0 Å². The van der Waals surface area contributed by atoms with Gasteiger partial charge in [0.1, 0.15) is 17.8 Å². The highest BCUT2D eigenvalue weighted by molar-refractivity contribution is 6.00. The first-order chi connectivity index (χ1) is 12.5. The Morgan fingerprint density at radius 3 is 2.92 bits per heavy atom. The van der Waals surface area contributed by atoms with E-state index >= 15 is 0 Å². The molecule has 2 aromatic carbocycles. The first-order valence-electron chi connectivity index (χ1n) is 8.07. The molecule has 0 unspecified atom stereocenters. The van der Waals surface area contributed by atoms with E-state index < -0.39 is 5.97 Å². The molecule has 1 amide bonds. The van der Waals surface area contributed by atoms with Crippen molar-refractivity contribution >= 4 is 28.7 Å². The fraction of sp³-hybridized carbons (Fsp3) is 0.211. The van der Waals surface area contributed by atoms with Crippen LogP contribution in [-0.4, -0.2) is 30.6 Å². The highest BCUT2D eigenvalue weighted by atomic mass is 16.5.